The number of hydrogen-bond acceptors (Lipinski definition) is 7. The van der Waals surface area contributed by atoms with Gasteiger partial charge in [0.1, 0.15) is 16.6 Å². The van der Waals surface area contributed by atoms with E-state index in [1.165, 1.54) is 20.8 Å². The number of nitrogens with zero attached hydrogens (tertiary/aromatic N) is 1. The Morgan fingerprint density at radius 2 is 1.81 bits per heavy atom. The van der Waals surface area contributed by atoms with Crippen molar-refractivity contribution in [3.63, 3.8) is 0 Å². The summed E-state index contributed by atoms with van der Waals surface area (Å²) in [7, 11) is -4.02. The van der Waals surface area contributed by atoms with E-state index in [0.717, 1.165) is 5.56 Å². The molecule has 0 bridgehead atoms. The highest BCUT2D eigenvalue weighted by Gasteiger charge is 2.29. The molecule has 0 radical (unpaired) electrons. The first-order valence-electron chi connectivity index (χ1n) is 8.08. The molecule has 10 heteroatoms. The van der Waals surface area contributed by atoms with Crippen LogP contribution in [0, 0.1) is 20.8 Å². The Labute approximate surface area is 157 Å². The number of sulfonamides is 1. The van der Waals surface area contributed by atoms with Crippen LogP contribution in [0.1, 0.15) is 23.9 Å². The second-order valence-corrected chi connectivity index (χ2v) is 7.67. The Bertz CT molecular complexity index is 915. The Hall–Kier alpha value is -2.72. The average molecular weight is 395 g/mol. The normalized spacial score (nSPS) is 12.4. The highest BCUT2D eigenvalue weighted by Crippen LogP contribution is 2.19. The van der Waals surface area contributed by atoms with Crippen LogP contribution in [0.4, 0.5) is 5.69 Å². The Morgan fingerprint density at radius 1 is 1.19 bits per heavy atom. The van der Waals surface area contributed by atoms with E-state index < -0.39 is 34.5 Å². The molecule has 0 aliphatic rings. The highest BCUT2D eigenvalue weighted by molar-refractivity contribution is 7.89. The van der Waals surface area contributed by atoms with Crippen molar-refractivity contribution in [1.29, 1.82) is 0 Å². The lowest BCUT2D eigenvalue weighted by Crippen LogP contribution is -2.40. The summed E-state index contributed by atoms with van der Waals surface area (Å²) in [5.74, 6) is -1.31. The van der Waals surface area contributed by atoms with Gasteiger partial charge in [0.25, 0.3) is 5.91 Å². The van der Waals surface area contributed by atoms with Gasteiger partial charge in [-0.3, -0.25) is 9.59 Å². The summed E-state index contributed by atoms with van der Waals surface area (Å²) in [4.78, 5) is 23.7. The number of ether oxygens (including phenoxy) is 1. The van der Waals surface area contributed by atoms with Gasteiger partial charge in [0.2, 0.25) is 10.0 Å². The smallest absolute Gasteiger partial charge is 0.324 e. The number of amides is 1. The lowest BCUT2D eigenvalue weighted by Gasteiger charge is -2.13. The highest BCUT2D eigenvalue weighted by atomic mass is 32.2. The maximum absolute atomic E-state index is 12.4. The molecule has 146 valence electrons. The van der Waals surface area contributed by atoms with Gasteiger partial charge in [-0.05, 0) is 39.8 Å². The van der Waals surface area contributed by atoms with E-state index in [1.54, 1.807) is 12.1 Å². The first-order chi connectivity index (χ1) is 12.6. The molecule has 0 saturated heterocycles. The number of aryl methyl sites for hydroxylation is 3. The van der Waals surface area contributed by atoms with Crippen LogP contribution < -0.4 is 10.0 Å². The van der Waals surface area contributed by atoms with Gasteiger partial charge in [-0.1, -0.05) is 22.9 Å². The molecule has 1 heterocycles. The fourth-order valence-electron chi connectivity index (χ4n) is 2.29. The van der Waals surface area contributed by atoms with Gasteiger partial charge < -0.3 is 14.6 Å². The lowest BCUT2D eigenvalue weighted by atomic mass is 10.2. The van der Waals surface area contributed by atoms with Gasteiger partial charge in [-0.2, -0.15) is 4.72 Å². The average Bonchev–Trinajstić information content (AvgIpc) is 2.93. The molecule has 27 heavy (non-hydrogen) atoms. The molecule has 0 fully saturated rings. The number of aromatic nitrogens is 1. The summed E-state index contributed by atoms with van der Waals surface area (Å²) in [6.07, 6.45) is 0. The monoisotopic (exact) mass is 395 g/mol. The predicted molar refractivity (Wildman–Crippen MR) is 96.5 cm³/mol. The van der Waals surface area contributed by atoms with Gasteiger partial charge in [0.05, 0.1) is 0 Å². The first kappa shape index (κ1) is 20.6. The van der Waals surface area contributed by atoms with E-state index in [0.29, 0.717) is 5.69 Å². The molecule has 9 nitrogen and oxygen atoms in total. The topological polar surface area (TPSA) is 128 Å². The van der Waals surface area contributed by atoms with E-state index >= 15 is 0 Å². The van der Waals surface area contributed by atoms with Gasteiger partial charge in [0.15, 0.2) is 12.4 Å². The Morgan fingerprint density at radius 3 is 2.37 bits per heavy atom. The minimum Gasteiger partial charge on any atom is -0.454 e. The summed E-state index contributed by atoms with van der Waals surface area (Å²) in [6.45, 7) is 5.62. The van der Waals surface area contributed by atoms with Crippen LogP contribution >= 0.6 is 0 Å². The SMILES string of the molecule is Cc1ccc(NC(=O)COC(=O)[C@H](C)NS(=O)(=O)c2c(C)noc2C)cc1. The van der Waals surface area contributed by atoms with E-state index in [1.807, 2.05) is 19.1 Å². The third-order valence-corrected chi connectivity index (χ3v) is 5.39. The molecule has 1 amide bonds. The van der Waals surface area contributed by atoms with Crippen molar-refractivity contribution < 1.29 is 27.3 Å². The molecule has 2 N–H and O–H groups in total. The van der Waals surface area contributed by atoms with Gasteiger partial charge in [0, 0.05) is 5.69 Å². The molecule has 0 aliphatic heterocycles. The molecular weight excluding hydrogens is 374 g/mol. The molecular formula is C17H21N3O6S. The fourth-order valence-corrected chi connectivity index (χ4v) is 3.82. The maximum atomic E-state index is 12.4. The molecule has 1 aromatic heterocycles. The minimum atomic E-state index is -4.02. The number of carbonyl (C=O) groups excluding carboxylic acids is 2. The molecule has 2 rings (SSSR count). The van der Waals surface area contributed by atoms with Crippen LogP contribution in [0.25, 0.3) is 0 Å². The van der Waals surface area contributed by atoms with Crippen molar-refractivity contribution in [2.75, 3.05) is 11.9 Å². The van der Waals surface area contributed by atoms with Crippen LogP contribution in [0.5, 0.6) is 0 Å². The first-order valence-corrected chi connectivity index (χ1v) is 9.57. The standard InChI is InChI=1S/C17H21N3O6S/c1-10-5-7-14(8-6-10)18-15(21)9-25-17(22)12(3)20-27(23,24)16-11(2)19-26-13(16)4/h5-8,12,20H,9H2,1-4H3,(H,18,21)/t12-/m0/s1. The summed E-state index contributed by atoms with van der Waals surface area (Å²) < 4.78 is 36.6. The number of esters is 1. The predicted octanol–water partition coefficient (Wildman–Crippen LogP) is 1.45. The van der Waals surface area contributed by atoms with Crippen molar-refractivity contribution in [2.45, 2.75) is 38.6 Å². The van der Waals surface area contributed by atoms with Crippen LogP contribution in [0.15, 0.2) is 33.7 Å². The molecule has 0 saturated carbocycles. The van der Waals surface area contributed by atoms with Crippen molar-refractivity contribution in [2.24, 2.45) is 0 Å². The lowest BCUT2D eigenvalue weighted by molar-refractivity contribution is -0.148. The molecule has 0 spiro atoms. The van der Waals surface area contributed by atoms with Crippen molar-refractivity contribution in [3.05, 3.63) is 41.3 Å². The zero-order chi connectivity index (χ0) is 20.2. The number of hydrogen-bond donors (Lipinski definition) is 2. The molecule has 0 aliphatic carbocycles. The third-order valence-electron chi connectivity index (χ3n) is 3.60. The van der Waals surface area contributed by atoms with Crippen molar-refractivity contribution in [3.8, 4) is 0 Å². The molecule has 1 atom stereocenters. The summed E-state index contributed by atoms with van der Waals surface area (Å²) in [5, 5.41) is 6.15. The Kier molecular flexibility index (Phi) is 6.34. The zero-order valence-corrected chi connectivity index (χ0v) is 16.2. The van der Waals surface area contributed by atoms with Crippen LogP contribution in [-0.2, 0) is 24.3 Å². The quantitative estimate of drug-likeness (QED) is 0.679. The fraction of sp³-hybridized carbons (Fsp3) is 0.353. The molecule has 1 aromatic carbocycles. The second-order valence-electron chi connectivity index (χ2n) is 6.02. The number of nitrogens with one attached hydrogen (secondary N) is 2. The summed E-state index contributed by atoms with van der Waals surface area (Å²) >= 11 is 0. The number of rotatable bonds is 7. The largest absolute Gasteiger partial charge is 0.454 e. The minimum absolute atomic E-state index is 0.109. The van der Waals surface area contributed by atoms with Crippen molar-refractivity contribution >= 4 is 27.6 Å². The maximum Gasteiger partial charge on any atom is 0.324 e. The van der Waals surface area contributed by atoms with E-state index in [4.69, 9.17) is 9.26 Å². The number of anilines is 1. The second kappa shape index (κ2) is 8.31. The third kappa shape index (κ3) is 5.38. The van der Waals surface area contributed by atoms with Crippen molar-refractivity contribution in [1.82, 2.24) is 9.88 Å². The van der Waals surface area contributed by atoms with Gasteiger partial charge >= 0.3 is 5.97 Å². The van der Waals surface area contributed by atoms with Gasteiger partial charge in [-0.25, -0.2) is 8.42 Å². The molecule has 0 unspecified atom stereocenters. The summed E-state index contributed by atoms with van der Waals surface area (Å²) in [5.41, 5.74) is 1.78. The van der Waals surface area contributed by atoms with Crippen LogP contribution in [0.2, 0.25) is 0 Å². The van der Waals surface area contributed by atoms with E-state index in [9.17, 15) is 18.0 Å². The van der Waals surface area contributed by atoms with Crippen LogP contribution in [-0.4, -0.2) is 38.1 Å². The van der Waals surface area contributed by atoms with E-state index in [-0.39, 0.29) is 16.3 Å². The summed E-state index contributed by atoms with van der Waals surface area (Å²) in [6, 6.07) is 5.89. The number of benzene rings is 1. The van der Waals surface area contributed by atoms with E-state index in [2.05, 4.69) is 15.2 Å². The number of carbonyl (C=O) groups is 2. The molecule has 2 aromatic rings. The van der Waals surface area contributed by atoms with Crippen LogP contribution in [0.3, 0.4) is 0 Å². The Balaban J connectivity index is 1.90. The zero-order valence-electron chi connectivity index (χ0n) is 15.4. The van der Waals surface area contributed by atoms with Gasteiger partial charge in [-0.15, -0.1) is 0 Å².